The molecule has 0 unspecified atom stereocenters. The van der Waals surface area contributed by atoms with Crippen LogP contribution in [0.3, 0.4) is 0 Å². The number of thioether (sulfide) groups is 1. The van der Waals surface area contributed by atoms with E-state index in [2.05, 4.69) is 13.8 Å². The number of nitrogens with zero attached hydrogens (tertiary/aromatic N) is 1. The highest BCUT2D eigenvalue weighted by atomic mass is 32.2. The molecule has 1 aromatic rings. The van der Waals surface area contributed by atoms with Gasteiger partial charge in [0.15, 0.2) is 0 Å². The maximum absolute atomic E-state index is 12.4. The first kappa shape index (κ1) is 14.9. The van der Waals surface area contributed by atoms with Gasteiger partial charge in [0.05, 0.1) is 11.1 Å². The zero-order valence-electron chi connectivity index (χ0n) is 12.1. The van der Waals surface area contributed by atoms with Gasteiger partial charge >= 0.3 is 0 Å². The van der Waals surface area contributed by atoms with Gasteiger partial charge in [-0.25, -0.2) is 0 Å². The minimum absolute atomic E-state index is 0.0705. The van der Waals surface area contributed by atoms with Crippen molar-refractivity contribution in [2.75, 3.05) is 18.5 Å². The highest BCUT2D eigenvalue weighted by Gasteiger charge is 2.40. The van der Waals surface area contributed by atoms with Gasteiger partial charge in [-0.05, 0) is 37.3 Å². The summed E-state index contributed by atoms with van der Waals surface area (Å²) in [6.45, 7) is 4.64. The smallest absolute Gasteiger partial charge is 0.261 e. The molecule has 5 heteroatoms. The van der Waals surface area contributed by atoms with E-state index in [4.69, 9.17) is 5.73 Å². The van der Waals surface area contributed by atoms with Crippen LogP contribution in [0.2, 0.25) is 0 Å². The number of anilines is 1. The molecule has 20 heavy (non-hydrogen) atoms. The number of carbonyl (C=O) groups excluding carboxylic acids is 2. The molecule has 0 bridgehead atoms. The van der Waals surface area contributed by atoms with Gasteiger partial charge in [-0.2, -0.15) is 11.8 Å². The second kappa shape index (κ2) is 5.48. The molecule has 108 valence electrons. The molecular formula is C15H20N2O2S. The third-order valence-corrected chi connectivity index (χ3v) is 5.74. The summed E-state index contributed by atoms with van der Waals surface area (Å²) in [5, 5.41) is 0. The minimum Gasteiger partial charge on any atom is -0.399 e. The maximum Gasteiger partial charge on any atom is 0.261 e. The number of hydrogen-bond acceptors (Lipinski definition) is 4. The van der Waals surface area contributed by atoms with Crippen molar-refractivity contribution in [3.63, 3.8) is 0 Å². The van der Waals surface area contributed by atoms with Crippen molar-refractivity contribution in [3.8, 4) is 0 Å². The standard InChI is InChI=1S/C15H20N2O2S/c1-4-15(5-2,20-3)9-17-13(18)11-7-6-10(16)8-12(11)14(17)19/h6-8H,4-5,9,16H2,1-3H3. The Labute approximate surface area is 123 Å². The van der Waals surface area contributed by atoms with Crippen molar-refractivity contribution in [1.82, 2.24) is 4.90 Å². The molecule has 0 saturated heterocycles. The van der Waals surface area contributed by atoms with Gasteiger partial charge in [-0.3, -0.25) is 14.5 Å². The van der Waals surface area contributed by atoms with Gasteiger partial charge in [-0.15, -0.1) is 0 Å². The van der Waals surface area contributed by atoms with Crippen LogP contribution in [0.25, 0.3) is 0 Å². The maximum atomic E-state index is 12.4. The predicted molar refractivity (Wildman–Crippen MR) is 83.0 cm³/mol. The Kier molecular flexibility index (Phi) is 4.09. The van der Waals surface area contributed by atoms with Gasteiger partial charge in [0, 0.05) is 17.0 Å². The van der Waals surface area contributed by atoms with E-state index in [0.29, 0.717) is 23.4 Å². The van der Waals surface area contributed by atoms with Crippen LogP contribution in [0.15, 0.2) is 18.2 Å². The topological polar surface area (TPSA) is 63.4 Å². The molecule has 0 atom stereocenters. The fourth-order valence-corrected chi connectivity index (χ4v) is 3.40. The minimum atomic E-state index is -0.224. The first-order valence-electron chi connectivity index (χ1n) is 6.79. The van der Waals surface area contributed by atoms with Gasteiger partial charge in [0.2, 0.25) is 0 Å². The van der Waals surface area contributed by atoms with Gasteiger partial charge in [0.25, 0.3) is 11.8 Å². The largest absolute Gasteiger partial charge is 0.399 e. The third-order valence-electron chi connectivity index (χ3n) is 4.16. The SMILES string of the molecule is CCC(CC)(CN1C(=O)c2ccc(N)cc2C1=O)SC. The molecule has 2 N–H and O–H groups in total. The van der Waals surface area contributed by atoms with E-state index < -0.39 is 0 Å². The fraction of sp³-hybridized carbons (Fsp3) is 0.467. The number of nitrogen functional groups attached to an aromatic ring is 1. The molecule has 2 amide bonds. The van der Waals surface area contributed by atoms with E-state index in [1.807, 2.05) is 6.26 Å². The molecule has 1 aliphatic heterocycles. The zero-order valence-corrected chi connectivity index (χ0v) is 12.9. The van der Waals surface area contributed by atoms with Crippen LogP contribution in [0.1, 0.15) is 47.4 Å². The molecule has 4 nitrogen and oxygen atoms in total. The Morgan fingerprint density at radius 3 is 2.30 bits per heavy atom. The number of rotatable bonds is 5. The van der Waals surface area contributed by atoms with E-state index in [1.165, 1.54) is 4.90 Å². The molecule has 0 aliphatic carbocycles. The quantitative estimate of drug-likeness (QED) is 0.669. The average molecular weight is 292 g/mol. The molecule has 0 fully saturated rings. The van der Waals surface area contributed by atoms with Crippen molar-refractivity contribution in [1.29, 1.82) is 0 Å². The van der Waals surface area contributed by atoms with Gasteiger partial charge in [0.1, 0.15) is 0 Å². The number of imide groups is 1. The third kappa shape index (κ3) is 2.30. The van der Waals surface area contributed by atoms with E-state index in [9.17, 15) is 9.59 Å². The molecule has 0 radical (unpaired) electrons. The van der Waals surface area contributed by atoms with Crippen molar-refractivity contribution in [3.05, 3.63) is 29.3 Å². The number of carbonyl (C=O) groups is 2. The summed E-state index contributed by atoms with van der Waals surface area (Å²) in [5.74, 6) is -0.428. The summed E-state index contributed by atoms with van der Waals surface area (Å²) in [7, 11) is 0. The Bertz CT molecular complexity index is 545. The molecule has 0 aromatic heterocycles. The molecule has 1 heterocycles. The van der Waals surface area contributed by atoms with Crippen LogP contribution in [0.4, 0.5) is 5.69 Å². The van der Waals surface area contributed by atoms with Crippen molar-refractivity contribution in [2.24, 2.45) is 0 Å². The first-order chi connectivity index (χ1) is 9.48. The van der Waals surface area contributed by atoms with Crippen LogP contribution in [-0.4, -0.2) is 34.3 Å². The number of nitrogens with two attached hydrogens (primary N) is 1. The van der Waals surface area contributed by atoms with Gasteiger partial charge in [-0.1, -0.05) is 13.8 Å². The van der Waals surface area contributed by atoms with E-state index in [0.717, 1.165) is 12.8 Å². The number of fused-ring (bicyclic) bond motifs is 1. The van der Waals surface area contributed by atoms with Crippen LogP contribution < -0.4 is 5.73 Å². The summed E-state index contributed by atoms with van der Waals surface area (Å²) < 4.78 is -0.0705. The highest BCUT2D eigenvalue weighted by molar-refractivity contribution is 8.00. The van der Waals surface area contributed by atoms with Crippen LogP contribution in [0, 0.1) is 0 Å². The van der Waals surface area contributed by atoms with Crippen LogP contribution in [0.5, 0.6) is 0 Å². The average Bonchev–Trinajstić information content (AvgIpc) is 2.69. The van der Waals surface area contributed by atoms with Crippen LogP contribution >= 0.6 is 11.8 Å². The Morgan fingerprint density at radius 2 is 1.75 bits per heavy atom. The Morgan fingerprint density at radius 1 is 1.15 bits per heavy atom. The van der Waals surface area contributed by atoms with E-state index >= 15 is 0 Å². The lowest BCUT2D eigenvalue weighted by Crippen LogP contribution is -2.42. The number of amides is 2. The Hall–Kier alpha value is -1.49. The fourth-order valence-electron chi connectivity index (χ4n) is 2.57. The molecule has 0 spiro atoms. The summed E-state index contributed by atoms with van der Waals surface area (Å²) in [6, 6.07) is 4.90. The molecule has 0 saturated carbocycles. The summed E-state index contributed by atoms with van der Waals surface area (Å²) >= 11 is 1.72. The monoisotopic (exact) mass is 292 g/mol. The number of benzene rings is 1. The summed E-state index contributed by atoms with van der Waals surface area (Å²) in [5.41, 5.74) is 7.10. The zero-order chi connectivity index (χ0) is 14.9. The van der Waals surface area contributed by atoms with E-state index in [1.54, 1.807) is 30.0 Å². The first-order valence-corrected chi connectivity index (χ1v) is 8.01. The molecule has 1 aromatic carbocycles. The van der Waals surface area contributed by atoms with Gasteiger partial charge < -0.3 is 5.73 Å². The van der Waals surface area contributed by atoms with Crippen molar-refractivity contribution >= 4 is 29.3 Å². The predicted octanol–water partition coefficient (Wildman–Crippen LogP) is 2.79. The Balaban J connectivity index is 2.33. The molecular weight excluding hydrogens is 272 g/mol. The molecule has 2 rings (SSSR count). The van der Waals surface area contributed by atoms with E-state index in [-0.39, 0.29) is 16.6 Å². The lowest BCUT2D eigenvalue weighted by Gasteiger charge is -2.33. The second-order valence-electron chi connectivity index (χ2n) is 5.10. The molecule has 1 aliphatic rings. The summed E-state index contributed by atoms with van der Waals surface area (Å²) in [4.78, 5) is 26.2. The van der Waals surface area contributed by atoms with Crippen molar-refractivity contribution in [2.45, 2.75) is 31.4 Å². The normalized spacial score (nSPS) is 14.8. The second-order valence-corrected chi connectivity index (χ2v) is 6.37. The summed E-state index contributed by atoms with van der Waals surface area (Å²) in [6.07, 6.45) is 3.86. The van der Waals surface area contributed by atoms with Crippen molar-refractivity contribution < 1.29 is 9.59 Å². The lowest BCUT2D eigenvalue weighted by molar-refractivity contribution is 0.0636. The van der Waals surface area contributed by atoms with Crippen LogP contribution in [-0.2, 0) is 0 Å². The lowest BCUT2D eigenvalue weighted by atomic mass is 10.0. The highest BCUT2D eigenvalue weighted by Crippen LogP contribution is 2.34. The number of hydrogen-bond donors (Lipinski definition) is 1.